The van der Waals surface area contributed by atoms with Crippen LogP contribution >= 0.6 is 0 Å². The summed E-state index contributed by atoms with van der Waals surface area (Å²) in [6.45, 7) is 0.568. The molecule has 0 bridgehead atoms. The number of carbonyl (C=O) groups excluding carboxylic acids is 2. The van der Waals surface area contributed by atoms with E-state index < -0.39 is 23.4 Å². The molecule has 130 valence electrons. The Hall–Kier alpha value is -2.63. The number of hydrogen-bond acceptors (Lipinski definition) is 2. The number of likely N-dealkylation sites (tertiary alicyclic amines) is 1. The normalized spacial score (nSPS) is 15.2. The number of nitrogens with zero attached hydrogens (tertiary/aromatic N) is 1. The van der Waals surface area contributed by atoms with Crippen molar-refractivity contribution in [3.63, 3.8) is 0 Å². The van der Waals surface area contributed by atoms with Gasteiger partial charge in [-0.1, -0.05) is 0 Å². The van der Waals surface area contributed by atoms with Crippen LogP contribution in [0.5, 0.6) is 0 Å². The first-order chi connectivity index (χ1) is 12.0. The van der Waals surface area contributed by atoms with E-state index in [4.69, 9.17) is 0 Å². The minimum absolute atomic E-state index is 0.0935. The predicted octanol–water partition coefficient (Wildman–Crippen LogP) is 3.84. The molecular formula is C19H16F3NO2. The Morgan fingerprint density at radius 2 is 1.48 bits per heavy atom. The summed E-state index contributed by atoms with van der Waals surface area (Å²) in [7, 11) is 0. The lowest BCUT2D eigenvalue weighted by Crippen LogP contribution is -2.40. The average molecular weight is 347 g/mol. The van der Waals surface area contributed by atoms with Crippen molar-refractivity contribution in [1.29, 1.82) is 0 Å². The van der Waals surface area contributed by atoms with Gasteiger partial charge in [0, 0.05) is 24.6 Å². The summed E-state index contributed by atoms with van der Waals surface area (Å²) in [6, 6.07) is 8.12. The number of amides is 1. The predicted molar refractivity (Wildman–Crippen MR) is 85.7 cm³/mol. The molecule has 0 radical (unpaired) electrons. The summed E-state index contributed by atoms with van der Waals surface area (Å²) in [6.07, 6.45) is 0.859. The molecule has 1 fully saturated rings. The van der Waals surface area contributed by atoms with Crippen LogP contribution in [-0.2, 0) is 0 Å². The third-order valence-electron chi connectivity index (χ3n) is 4.44. The van der Waals surface area contributed by atoms with Crippen LogP contribution in [0.25, 0.3) is 0 Å². The van der Waals surface area contributed by atoms with Crippen LogP contribution < -0.4 is 0 Å². The summed E-state index contributed by atoms with van der Waals surface area (Å²) in [5.74, 6) is -2.79. The van der Waals surface area contributed by atoms with E-state index in [0.29, 0.717) is 18.4 Å². The largest absolute Gasteiger partial charge is 0.339 e. The first kappa shape index (κ1) is 17.2. The number of hydrogen-bond donors (Lipinski definition) is 0. The number of benzene rings is 2. The Bertz CT molecular complexity index is 797. The second-order valence-electron chi connectivity index (χ2n) is 6.06. The first-order valence-corrected chi connectivity index (χ1v) is 8.00. The van der Waals surface area contributed by atoms with Gasteiger partial charge in [-0.2, -0.15) is 0 Å². The lowest BCUT2D eigenvalue weighted by Gasteiger charge is -2.31. The maximum atomic E-state index is 13.7. The zero-order chi connectivity index (χ0) is 18.0. The highest BCUT2D eigenvalue weighted by Crippen LogP contribution is 2.24. The van der Waals surface area contributed by atoms with Crippen molar-refractivity contribution in [3.8, 4) is 0 Å². The van der Waals surface area contributed by atoms with Crippen molar-refractivity contribution in [1.82, 2.24) is 4.90 Å². The smallest absolute Gasteiger partial charge is 0.256 e. The van der Waals surface area contributed by atoms with Gasteiger partial charge in [0.1, 0.15) is 17.5 Å². The first-order valence-electron chi connectivity index (χ1n) is 8.00. The Morgan fingerprint density at radius 3 is 2.12 bits per heavy atom. The van der Waals surface area contributed by atoms with Crippen LogP contribution in [0.3, 0.4) is 0 Å². The molecule has 1 heterocycles. The average Bonchev–Trinajstić information content (AvgIpc) is 2.63. The molecule has 0 atom stereocenters. The van der Waals surface area contributed by atoms with E-state index in [2.05, 4.69) is 0 Å². The molecule has 3 rings (SSSR count). The van der Waals surface area contributed by atoms with Gasteiger partial charge in [-0.05, 0) is 55.3 Å². The molecule has 1 aliphatic heterocycles. The molecule has 1 saturated heterocycles. The number of ketones is 1. The van der Waals surface area contributed by atoms with Crippen molar-refractivity contribution in [3.05, 3.63) is 71.0 Å². The van der Waals surface area contributed by atoms with Gasteiger partial charge in [-0.15, -0.1) is 0 Å². The van der Waals surface area contributed by atoms with Crippen molar-refractivity contribution < 1.29 is 22.8 Å². The lowest BCUT2D eigenvalue weighted by molar-refractivity contribution is 0.0646. The van der Waals surface area contributed by atoms with Gasteiger partial charge < -0.3 is 4.90 Å². The van der Waals surface area contributed by atoms with Crippen molar-refractivity contribution in [2.24, 2.45) is 5.92 Å². The molecule has 0 unspecified atom stereocenters. The van der Waals surface area contributed by atoms with Gasteiger partial charge >= 0.3 is 0 Å². The molecule has 0 aliphatic carbocycles. The molecule has 0 N–H and O–H groups in total. The Labute approximate surface area is 143 Å². The maximum Gasteiger partial charge on any atom is 0.256 e. The van der Waals surface area contributed by atoms with E-state index in [1.807, 2.05) is 0 Å². The third-order valence-corrected chi connectivity index (χ3v) is 4.44. The fourth-order valence-corrected chi connectivity index (χ4v) is 3.03. The molecule has 0 aromatic heterocycles. The maximum absolute atomic E-state index is 13.7. The molecule has 1 amide bonds. The number of rotatable bonds is 3. The molecule has 0 spiro atoms. The van der Waals surface area contributed by atoms with Gasteiger partial charge in [0.05, 0.1) is 5.56 Å². The standard InChI is InChI=1S/C19H16F3NO2/c20-14-3-1-12(2-4-14)18(24)13-7-9-23(10-8-13)19(25)16-11-15(21)5-6-17(16)22/h1-6,11,13H,7-10H2. The van der Waals surface area contributed by atoms with E-state index in [0.717, 1.165) is 18.2 Å². The SMILES string of the molecule is O=C(c1ccc(F)cc1)C1CCN(C(=O)c2cc(F)ccc2F)CC1. The Kier molecular flexibility index (Phi) is 4.88. The summed E-state index contributed by atoms with van der Waals surface area (Å²) < 4.78 is 39.9. The fourth-order valence-electron chi connectivity index (χ4n) is 3.03. The van der Waals surface area contributed by atoms with Crippen molar-refractivity contribution in [2.45, 2.75) is 12.8 Å². The molecule has 1 aliphatic rings. The lowest BCUT2D eigenvalue weighted by atomic mass is 9.88. The highest BCUT2D eigenvalue weighted by atomic mass is 19.1. The molecule has 2 aromatic carbocycles. The van der Waals surface area contributed by atoms with Gasteiger partial charge in [-0.3, -0.25) is 9.59 Å². The second-order valence-corrected chi connectivity index (χ2v) is 6.06. The molecular weight excluding hydrogens is 331 g/mol. The Balaban J connectivity index is 1.65. The van der Waals surface area contributed by atoms with E-state index >= 15 is 0 Å². The van der Waals surface area contributed by atoms with Crippen molar-refractivity contribution in [2.75, 3.05) is 13.1 Å². The fraction of sp³-hybridized carbons (Fsp3) is 0.263. The van der Waals surface area contributed by atoms with E-state index in [1.165, 1.54) is 29.2 Å². The van der Waals surface area contributed by atoms with E-state index in [9.17, 15) is 22.8 Å². The topological polar surface area (TPSA) is 37.4 Å². The van der Waals surface area contributed by atoms with E-state index in [-0.39, 0.29) is 30.4 Å². The monoisotopic (exact) mass is 347 g/mol. The summed E-state index contributed by atoms with van der Waals surface area (Å²) in [4.78, 5) is 26.2. The van der Waals surface area contributed by atoms with Crippen LogP contribution in [0.2, 0.25) is 0 Å². The van der Waals surface area contributed by atoms with Crippen LogP contribution in [0.15, 0.2) is 42.5 Å². The second kappa shape index (κ2) is 7.09. The number of carbonyl (C=O) groups is 2. The summed E-state index contributed by atoms with van der Waals surface area (Å²) in [5, 5.41) is 0. The van der Waals surface area contributed by atoms with Gasteiger partial charge in [0.2, 0.25) is 0 Å². The van der Waals surface area contributed by atoms with Gasteiger partial charge in [-0.25, -0.2) is 13.2 Å². The summed E-state index contributed by atoms with van der Waals surface area (Å²) in [5.41, 5.74) is 0.130. The molecule has 25 heavy (non-hydrogen) atoms. The molecule has 0 saturated carbocycles. The van der Waals surface area contributed by atoms with Crippen LogP contribution in [0.4, 0.5) is 13.2 Å². The molecule has 3 nitrogen and oxygen atoms in total. The number of Topliss-reactive ketones (excluding diaryl/α,β-unsaturated/α-hetero) is 1. The Morgan fingerprint density at radius 1 is 0.880 bits per heavy atom. The highest BCUT2D eigenvalue weighted by Gasteiger charge is 2.29. The van der Waals surface area contributed by atoms with Crippen LogP contribution in [0, 0.1) is 23.4 Å². The minimum atomic E-state index is -0.768. The number of piperidine rings is 1. The molecule has 2 aromatic rings. The third kappa shape index (κ3) is 3.73. The summed E-state index contributed by atoms with van der Waals surface area (Å²) >= 11 is 0. The van der Waals surface area contributed by atoms with Crippen molar-refractivity contribution >= 4 is 11.7 Å². The highest BCUT2D eigenvalue weighted by molar-refractivity contribution is 5.98. The zero-order valence-electron chi connectivity index (χ0n) is 13.3. The minimum Gasteiger partial charge on any atom is -0.339 e. The van der Waals surface area contributed by atoms with Gasteiger partial charge in [0.25, 0.3) is 5.91 Å². The number of halogens is 3. The van der Waals surface area contributed by atoms with Crippen LogP contribution in [0.1, 0.15) is 33.6 Å². The van der Waals surface area contributed by atoms with E-state index in [1.54, 1.807) is 0 Å². The van der Waals surface area contributed by atoms with Gasteiger partial charge in [0.15, 0.2) is 5.78 Å². The zero-order valence-corrected chi connectivity index (χ0v) is 13.3. The molecule has 6 heteroatoms. The van der Waals surface area contributed by atoms with Crippen LogP contribution in [-0.4, -0.2) is 29.7 Å². The quantitative estimate of drug-likeness (QED) is 0.791.